The number of hydrogen-bond acceptors (Lipinski definition) is 2. The summed E-state index contributed by atoms with van der Waals surface area (Å²) in [6, 6.07) is 7.97. The van der Waals surface area contributed by atoms with E-state index in [2.05, 4.69) is 6.58 Å². The van der Waals surface area contributed by atoms with E-state index in [4.69, 9.17) is 11.5 Å². The highest BCUT2D eigenvalue weighted by Crippen LogP contribution is 2.34. The molecule has 0 aliphatic rings. The van der Waals surface area contributed by atoms with Crippen LogP contribution in [0, 0.1) is 6.92 Å². The molecule has 0 unspecified atom stereocenters. The molecule has 0 fully saturated rings. The minimum Gasteiger partial charge on any atom is -0.397 e. The van der Waals surface area contributed by atoms with E-state index in [1.165, 1.54) is 0 Å². The monoisotopic (exact) mass is 198 g/mol. The van der Waals surface area contributed by atoms with Crippen molar-refractivity contribution in [2.24, 2.45) is 0 Å². The second kappa shape index (κ2) is 3.31. The topological polar surface area (TPSA) is 52.0 Å². The number of fused-ring (bicyclic) bond motifs is 1. The van der Waals surface area contributed by atoms with E-state index < -0.39 is 0 Å². The summed E-state index contributed by atoms with van der Waals surface area (Å²) in [5.41, 5.74) is 15.3. The van der Waals surface area contributed by atoms with Gasteiger partial charge in [-0.05, 0) is 23.4 Å². The normalized spacial score (nSPS) is 10.5. The van der Waals surface area contributed by atoms with Crippen LogP contribution in [0.1, 0.15) is 11.1 Å². The highest BCUT2D eigenvalue weighted by atomic mass is 14.7. The number of nitrogen functional groups attached to an aromatic ring is 2. The molecule has 0 radical (unpaired) electrons. The summed E-state index contributed by atoms with van der Waals surface area (Å²) < 4.78 is 0. The first-order valence-electron chi connectivity index (χ1n) is 4.85. The lowest BCUT2D eigenvalue weighted by Crippen LogP contribution is -2.00. The van der Waals surface area contributed by atoms with Crippen molar-refractivity contribution in [1.82, 2.24) is 0 Å². The van der Waals surface area contributed by atoms with Gasteiger partial charge in [-0.25, -0.2) is 0 Å². The average Bonchev–Trinajstić information content (AvgIpc) is 2.27. The Kier molecular flexibility index (Phi) is 2.12. The Labute approximate surface area is 89.2 Å². The van der Waals surface area contributed by atoms with E-state index in [9.17, 15) is 0 Å². The molecule has 0 amide bonds. The van der Waals surface area contributed by atoms with Crippen molar-refractivity contribution in [3.8, 4) is 0 Å². The lowest BCUT2D eigenvalue weighted by Gasteiger charge is -2.13. The lowest BCUT2D eigenvalue weighted by atomic mass is 9.96. The van der Waals surface area contributed by atoms with Gasteiger partial charge in [0.15, 0.2) is 0 Å². The fraction of sp³-hybridized carbons (Fsp3) is 0.0769. The van der Waals surface area contributed by atoms with E-state index in [1.807, 2.05) is 37.3 Å². The third-order valence-corrected chi connectivity index (χ3v) is 2.81. The molecule has 2 heteroatoms. The van der Waals surface area contributed by atoms with Gasteiger partial charge in [0.05, 0.1) is 11.4 Å². The predicted molar refractivity (Wildman–Crippen MR) is 67.6 cm³/mol. The zero-order chi connectivity index (χ0) is 11.0. The minimum atomic E-state index is 0.656. The fourth-order valence-corrected chi connectivity index (χ4v) is 1.91. The molecular weight excluding hydrogens is 184 g/mol. The van der Waals surface area contributed by atoms with Crippen LogP contribution in [0.2, 0.25) is 0 Å². The predicted octanol–water partition coefficient (Wildman–Crippen LogP) is 2.96. The van der Waals surface area contributed by atoms with Crippen molar-refractivity contribution in [3.63, 3.8) is 0 Å². The second-order valence-corrected chi connectivity index (χ2v) is 3.62. The summed E-state index contributed by atoms with van der Waals surface area (Å²) in [5, 5.41) is 2.10. The van der Waals surface area contributed by atoms with Gasteiger partial charge in [0.1, 0.15) is 0 Å². The van der Waals surface area contributed by atoms with Gasteiger partial charge in [0.2, 0.25) is 0 Å². The molecule has 0 aliphatic carbocycles. The van der Waals surface area contributed by atoms with Crippen molar-refractivity contribution >= 4 is 28.2 Å². The Morgan fingerprint density at radius 2 is 1.67 bits per heavy atom. The van der Waals surface area contributed by atoms with Crippen LogP contribution in [0.25, 0.3) is 16.8 Å². The average molecular weight is 198 g/mol. The summed E-state index contributed by atoms with van der Waals surface area (Å²) in [4.78, 5) is 0. The number of benzene rings is 2. The van der Waals surface area contributed by atoms with Crippen LogP contribution < -0.4 is 11.5 Å². The molecule has 2 aromatic rings. The van der Waals surface area contributed by atoms with E-state index in [-0.39, 0.29) is 0 Å². The molecular formula is C13H14N2. The number of rotatable bonds is 1. The van der Waals surface area contributed by atoms with Crippen LogP contribution in [0.5, 0.6) is 0 Å². The highest BCUT2D eigenvalue weighted by molar-refractivity contribution is 6.04. The number of hydrogen-bond donors (Lipinski definition) is 2. The molecule has 0 saturated carbocycles. The summed E-state index contributed by atoms with van der Waals surface area (Å²) in [7, 11) is 0. The van der Waals surface area contributed by atoms with E-state index in [0.717, 1.165) is 21.9 Å². The smallest absolute Gasteiger partial charge is 0.0630 e. The van der Waals surface area contributed by atoms with Crippen LogP contribution in [-0.2, 0) is 0 Å². The molecule has 0 saturated heterocycles. The molecule has 2 rings (SSSR count). The Bertz CT molecular complexity index is 542. The molecule has 0 aromatic heterocycles. The van der Waals surface area contributed by atoms with Crippen LogP contribution >= 0.6 is 0 Å². The fourth-order valence-electron chi connectivity index (χ4n) is 1.91. The summed E-state index contributed by atoms with van der Waals surface area (Å²) in [6.45, 7) is 5.78. The third kappa shape index (κ3) is 1.26. The summed E-state index contributed by atoms with van der Waals surface area (Å²) >= 11 is 0. The Morgan fingerprint density at radius 3 is 2.27 bits per heavy atom. The van der Waals surface area contributed by atoms with Crippen molar-refractivity contribution < 1.29 is 0 Å². The van der Waals surface area contributed by atoms with Gasteiger partial charge >= 0.3 is 0 Å². The lowest BCUT2D eigenvalue weighted by molar-refractivity contribution is 1.48. The zero-order valence-electron chi connectivity index (χ0n) is 8.75. The highest BCUT2D eigenvalue weighted by Gasteiger charge is 2.09. The van der Waals surface area contributed by atoms with E-state index in [0.29, 0.717) is 11.4 Å². The molecule has 0 aliphatic heterocycles. The SMILES string of the molecule is C=Cc1c(C)c(N)c(N)c2ccccc12. The van der Waals surface area contributed by atoms with Crippen molar-refractivity contribution in [2.45, 2.75) is 6.92 Å². The zero-order valence-corrected chi connectivity index (χ0v) is 8.75. The van der Waals surface area contributed by atoms with Crippen LogP contribution in [0.15, 0.2) is 30.8 Å². The minimum absolute atomic E-state index is 0.656. The van der Waals surface area contributed by atoms with Gasteiger partial charge in [0, 0.05) is 5.39 Å². The molecule has 0 bridgehead atoms. The first kappa shape index (κ1) is 9.59. The van der Waals surface area contributed by atoms with Gasteiger partial charge in [0.25, 0.3) is 0 Å². The first-order valence-corrected chi connectivity index (χ1v) is 4.85. The van der Waals surface area contributed by atoms with Gasteiger partial charge in [-0.2, -0.15) is 0 Å². The standard InChI is InChI=1S/C13H14N2/c1-3-9-8(2)12(14)13(15)11-7-5-4-6-10(9)11/h3-7H,1,14-15H2,2H3. The quantitative estimate of drug-likeness (QED) is 0.692. The molecule has 2 aromatic carbocycles. The Hall–Kier alpha value is -1.96. The number of anilines is 2. The summed E-state index contributed by atoms with van der Waals surface area (Å²) in [5.74, 6) is 0. The van der Waals surface area contributed by atoms with Gasteiger partial charge in [-0.1, -0.05) is 36.9 Å². The molecule has 4 N–H and O–H groups in total. The van der Waals surface area contributed by atoms with Crippen molar-refractivity contribution in [2.75, 3.05) is 11.5 Å². The summed E-state index contributed by atoms with van der Waals surface area (Å²) in [6.07, 6.45) is 1.83. The molecule has 0 spiro atoms. The van der Waals surface area contributed by atoms with Gasteiger partial charge < -0.3 is 11.5 Å². The molecule has 15 heavy (non-hydrogen) atoms. The second-order valence-electron chi connectivity index (χ2n) is 3.62. The Morgan fingerprint density at radius 1 is 1.07 bits per heavy atom. The maximum atomic E-state index is 5.98. The number of nitrogens with two attached hydrogens (primary N) is 2. The molecule has 0 heterocycles. The molecule has 76 valence electrons. The third-order valence-electron chi connectivity index (χ3n) is 2.81. The van der Waals surface area contributed by atoms with Crippen LogP contribution in [0.4, 0.5) is 11.4 Å². The van der Waals surface area contributed by atoms with Crippen LogP contribution in [-0.4, -0.2) is 0 Å². The van der Waals surface area contributed by atoms with E-state index >= 15 is 0 Å². The maximum Gasteiger partial charge on any atom is 0.0630 e. The van der Waals surface area contributed by atoms with Crippen LogP contribution in [0.3, 0.4) is 0 Å². The van der Waals surface area contributed by atoms with E-state index in [1.54, 1.807) is 0 Å². The largest absolute Gasteiger partial charge is 0.397 e. The van der Waals surface area contributed by atoms with Gasteiger partial charge in [-0.15, -0.1) is 0 Å². The first-order chi connectivity index (χ1) is 7.16. The molecule has 2 nitrogen and oxygen atoms in total. The van der Waals surface area contributed by atoms with Gasteiger partial charge in [-0.3, -0.25) is 0 Å². The molecule has 0 atom stereocenters. The maximum absolute atomic E-state index is 5.98. The van der Waals surface area contributed by atoms with Crippen molar-refractivity contribution in [1.29, 1.82) is 0 Å². The van der Waals surface area contributed by atoms with Crippen molar-refractivity contribution in [3.05, 3.63) is 42.0 Å². The Balaban J connectivity index is 3.04.